The van der Waals surface area contributed by atoms with E-state index in [1.807, 2.05) is 32.0 Å². The maximum Gasteiger partial charge on any atom is 0.317 e. The minimum atomic E-state index is -0.404. The molecule has 6 nitrogen and oxygen atoms in total. The van der Waals surface area contributed by atoms with Crippen molar-refractivity contribution in [1.29, 1.82) is 0 Å². The number of nitrogens with zero attached hydrogens (tertiary/aromatic N) is 1. The summed E-state index contributed by atoms with van der Waals surface area (Å²) in [5, 5.41) is 14.7. The Balaban J connectivity index is 1.85. The molecule has 126 valence electrons. The fraction of sp³-hybridized carbons (Fsp3) is 0.333. The van der Waals surface area contributed by atoms with E-state index in [9.17, 15) is 10.0 Å². The molecule has 0 aliphatic carbocycles. The molecule has 1 aromatic heterocycles. The molecule has 1 aliphatic heterocycles. The van der Waals surface area contributed by atoms with Crippen molar-refractivity contribution < 1.29 is 19.0 Å². The molecular formula is C18H20N2O4. The van der Waals surface area contributed by atoms with Crippen LogP contribution in [0.2, 0.25) is 0 Å². The quantitative estimate of drug-likeness (QED) is 0.690. The Labute approximate surface area is 140 Å². The predicted molar refractivity (Wildman–Crippen MR) is 87.9 cm³/mol. The van der Waals surface area contributed by atoms with Gasteiger partial charge in [-0.25, -0.2) is 0 Å². The van der Waals surface area contributed by atoms with Gasteiger partial charge in [0.15, 0.2) is 17.7 Å². The molecule has 1 unspecified atom stereocenters. The van der Waals surface area contributed by atoms with Crippen LogP contribution >= 0.6 is 0 Å². The number of amides is 1. The summed E-state index contributed by atoms with van der Waals surface area (Å²) in [5.74, 6) is 1.12. The van der Waals surface area contributed by atoms with Crippen LogP contribution in [0.5, 0.6) is 11.5 Å². The Bertz CT molecular complexity index is 746. The molecular weight excluding hydrogens is 308 g/mol. The van der Waals surface area contributed by atoms with E-state index in [0.717, 1.165) is 5.56 Å². The summed E-state index contributed by atoms with van der Waals surface area (Å²) in [5.41, 5.74) is 0.983. The number of hydrogen-bond donors (Lipinski definition) is 1. The molecule has 3 rings (SSSR count). The normalized spacial score (nSPS) is 14.3. The second kappa shape index (κ2) is 6.78. The van der Waals surface area contributed by atoms with Crippen LogP contribution in [-0.2, 0) is 0 Å². The van der Waals surface area contributed by atoms with Gasteiger partial charge in [0, 0.05) is 12.1 Å². The van der Waals surface area contributed by atoms with E-state index in [1.165, 1.54) is 12.3 Å². The van der Waals surface area contributed by atoms with Gasteiger partial charge in [-0.2, -0.15) is 4.73 Å². The lowest BCUT2D eigenvalue weighted by molar-refractivity contribution is -0.607. The number of pyridine rings is 1. The number of ether oxygens (including phenoxy) is 2. The Hall–Kier alpha value is -2.76. The molecule has 1 atom stereocenters. The number of carbonyl (C=O) groups is 1. The van der Waals surface area contributed by atoms with Gasteiger partial charge in [-0.15, -0.1) is 0 Å². The van der Waals surface area contributed by atoms with Crippen LogP contribution in [0.3, 0.4) is 0 Å². The maximum atomic E-state index is 12.5. The van der Waals surface area contributed by atoms with Crippen molar-refractivity contribution in [3.8, 4) is 11.5 Å². The summed E-state index contributed by atoms with van der Waals surface area (Å²) < 4.78 is 11.7. The largest absolute Gasteiger partial charge is 0.618 e. The van der Waals surface area contributed by atoms with E-state index in [-0.39, 0.29) is 17.7 Å². The summed E-state index contributed by atoms with van der Waals surface area (Å²) in [7, 11) is 0. The van der Waals surface area contributed by atoms with Crippen molar-refractivity contribution >= 4 is 5.91 Å². The number of aromatic nitrogens is 1. The van der Waals surface area contributed by atoms with Gasteiger partial charge in [-0.3, -0.25) is 4.79 Å². The molecule has 2 aromatic rings. The monoisotopic (exact) mass is 328 g/mol. The van der Waals surface area contributed by atoms with Crippen LogP contribution in [0, 0.1) is 11.1 Å². The first-order chi connectivity index (χ1) is 11.6. The number of rotatable bonds is 4. The highest BCUT2D eigenvalue weighted by Gasteiger charge is 2.24. The highest BCUT2D eigenvalue weighted by atomic mass is 16.6. The first kappa shape index (κ1) is 16.1. The lowest BCUT2D eigenvalue weighted by Crippen LogP contribution is -2.41. The molecule has 6 heteroatoms. The van der Waals surface area contributed by atoms with Crippen molar-refractivity contribution in [2.24, 2.45) is 5.92 Å². The minimum absolute atomic E-state index is 0.0701. The smallest absolute Gasteiger partial charge is 0.317 e. The third kappa shape index (κ3) is 3.27. The van der Waals surface area contributed by atoms with Crippen molar-refractivity contribution in [1.82, 2.24) is 5.32 Å². The molecule has 0 radical (unpaired) electrons. The lowest BCUT2D eigenvalue weighted by Gasteiger charge is -2.25. The van der Waals surface area contributed by atoms with Gasteiger partial charge in [0.25, 0.3) is 5.69 Å². The van der Waals surface area contributed by atoms with Gasteiger partial charge in [-0.05, 0) is 29.7 Å². The van der Waals surface area contributed by atoms with Crippen LogP contribution in [0.4, 0.5) is 0 Å². The number of carbonyl (C=O) groups excluding carboxylic acids is 1. The third-order valence-corrected chi connectivity index (χ3v) is 3.94. The average Bonchev–Trinajstić information content (AvgIpc) is 2.59. The average molecular weight is 328 g/mol. The van der Waals surface area contributed by atoms with Crippen LogP contribution in [-0.4, -0.2) is 19.1 Å². The molecule has 0 fully saturated rings. The lowest BCUT2D eigenvalue weighted by atomic mass is 9.95. The fourth-order valence-corrected chi connectivity index (χ4v) is 2.71. The van der Waals surface area contributed by atoms with E-state index in [0.29, 0.717) is 29.4 Å². The van der Waals surface area contributed by atoms with Crippen molar-refractivity contribution in [2.45, 2.75) is 19.9 Å². The van der Waals surface area contributed by atoms with Crippen LogP contribution in [0.1, 0.15) is 35.9 Å². The summed E-state index contributed by atoms with van der Waals surface area (Å²) >= 11 is 0. The first-order valence-electron chi connectivity index (χ1n) is 7.95. The van der Waals surface area contributed by atoms with E-state index < -0.39 is 5.91 Å². The van der Waals surface area contributed by atoms with Gasteiger partial charge >= 0.3 is 5.91 Å². The SMILES string of the molecule is CC(C)C(NC(=O)c1cccc[n+]1[O-])c1ccc2c(c1)OCCO2. The molecule has 0 bridgehead atoms. The van der Waals surface area contributed by atoms with E-state index >= 15 is 0 Å². The molecule has 24 heavy (non-hydrogen) atoms. The molecule has 1 amide bonds. The van der Waals surface area contributed by atoms with Gasteiger partial charge in [-0.1, -0.05) is 19.9 Å². The highest BCUT2D eigenvalue weighted by Crippen LogP contribution is 2.34. The standard InChI is InChI=1S/C18H20N2O4/c1-12(2)17(19-18(21)14-5-3-4-8-20(14)22)13-6-7-15-16(11-13)24-10-9-23-15/h3-8,11-12,17H,9-10H2,1-2H3,(H,19,21). The molecule has 2 heterocycles. The molecule has 0 saturated carbocycles. The van der Waals surface area contributed by atoms with Gasteiger partial charge < -0.3 is 20.0 Å². The summed E-state index contributed by atoms with van der Waals surface area (Å²) in [6, 6.07) is 10.2. The summed E-state index contributed by atoms with van der Waals surface area (Å²) in [6.45, 7) is 5.07. The van der Waals surface area contributed by atoms with Gasteiger partial charge in [0.1, 0.15) is 13.2 Å². The van der Waals surface area contributed by atoms with Gasteiger partial charge in [0.2, 0.25) is 0 Å². The maximum absolute atomic E-state index is 12.5. The second-order valence-corrected chi connectivity index (χ2v) is 6.01. The topological polar surface area (TPSA) is 74.5 Å². The molecule has 0 spiro atoms. The zero-order valence-corrected chi connectivity index (χ0v) is 13.7. The van der Waals surface area contributed by atoms with Crippen molar-refractivity contribution in [3.05, 3.63) is 59.1 Å². The minimum Gasteiger partial charge on any atom is -0.618 e. The molecule has 0 saturated heterocycles. The van der Waals surface area contributed by atoms with E-state index in [4.69, 9.17) is 9.47 Å². The molecule has 1 aromatic carbocycles. The Morgan fingerprint density at radius 2 is 1.92 bits per heavy atom. The Morgan fingerprint density at radius 3 is 2.62 bits per heavy atom. The van der Waals surface area contributed by atoms with Crippen molar-refractivity contribution in [2.75, 3.05) is 13.2 Å². The highest BCUT2D eigenvalue weighted by molar-refractivity contribution is 5.91. The van der Waals surface area contributed by atoms with E-state index in [1.54, 1.807) is 12.1 Å². The van der Waals surface area contributed by atoms with Gasteiger partial charge in [0.05, 0.1) is 6.04 Å². The predicted octanol–water partition coefficient (Wildman–Crippen LogP) is 2.22. The number of nitrogens with one attached hydrogen (secondary N) is 1. The molecule has 1 aliphatic rings. The Morgan fingerprint density at radius 1 is 1.17 bits per heavy atom. The zero-order chi connectivity index (χ0) is 17.1. The number of hydrogen-bond acceptors (Lipinski definition) is 4. The third-order valence-electron chi connectivity index (χ3n) is 3.94. The first-order valence-corrected chi connectivity index (χ1v) is 7.95. The second-order valence-electron chi connectivity index (χ2n) is 6.01. The van der Waals surface area contributed by atoms with Crippen LogP contribution in [0.25, 0.3) is 0 Å². The number of benzene rings is 1. The summed E-state index contributed by atoms with van der Waals surface area (Å²) in [4.78, 5) is 12.5. The van der Waals surface area contributed by atoms with Crippen LogP contribution < -0.4 is 19.5 Å². The van der Waals surface area contributed by atoms with Crippen molar-refractivity contribution in [3.63, 3.8) is 0 Å². The Kier molecular flexibility index (Phi) is 4.55. The fourth-order valence-electron chi connectivity index (χ4n) is 2.71. The number of fused-ring (bicyclic) bond motifs is 1. The molecule has 1 N–H and O–H groups in total. The summed E-state index contributed by atoms with van der Waals surface area (Å²) in [6.07, 6.45) is 1.31. The van der Waals surface area contributed by atoms with Crippen LogP contribution in [0.15, 0.2) is 42.6 Å². The zero-order valence-electron chi connectivity index (χ0n) is 13.7. The van der Waals surface area contributed by atoms with E-state index in [2.05, 4.69) is 5.32 Å².